The quantitative estimate of drug-likeness (QED) is 0.230. The highest BCUT2D eigenvalue weighted by Gasteiger charge is 2.49. The minimum atomic E-state index is -1.34. The number of hydrogen-bond donors (Lipinski definition) is 3. The first-order valence-corrected chi connectivity index (χ1v) is 8.16. The molecule has 1 fully saturated rings. The molecule has 0 saturated carbocycles. The van der Waals surface area contributed by atoms with E-state index in [1.54, 1.807) is 0 Å². The Morgan fingerprint density at radius 3 is 2.56 bits per heavy atom. The molecule has 25 heavy (non-hydrogen) atoms. The Morgan fingerprint density at radius 2 is 2.00 bits per heavy atom. The van der Waals surface area contributed by atoms with Crippen LogP contribution in [0.4, 0.5) is 10.5 Å². The number of non-ortho nitro benzene ring substituents is 1. The van der Waals surface area contributed by atoms with Gasteiger partial charge in [-0.15, -0.1) is 0 Å². The molecule has 0 aliphatic carbocycles. The van der Waals surface area contributed by atoms with E-state index in [0.717, 1.165) is 17.9 Å². The van der Waals surface area contributed by atoms with Crippen LogP contribution in [0.15, 0.2) is 24.3 Å². The number of urea groups is 1. The number of nitro benzene ring substituents is 1. The van der Waals surface area contributed by atoms with Crippen molar-refractivity contribution in [2.45, 2.75) is 32.2 Å². The van der Waals surface area contributed by atoms with E-state index in [9.17, 15) is 19.7 Å². The van der Waals surface area contributed by atoms with E-state index in [1.807, 2.05) is 6.92 Å². The largest absolute Gasteiger partial charge is 0.361 e. The molecule has 0 radical (unpaired) electrons. The fourth-order valence-electron chi connectivity index (χ4n) is 2.37. The summed E-state index contributed by atoms with van der Waals surface area (Å²) in [5.41, 5.74) is 1.58. The molecule has 1 aromatic carbocycles. The molecular formula is C15H19N5O4S. The van der Waals surface area contributed by atoms with Gasteiger partial charge in [-0.25, -0.2) is 4.79 Å². The van der Waals surface area contributed by atoms with Crippen LogP contribution < -0.4 is 16.1 Å². The molecule has 2 rings (SSSR count). The highest BCUT2D eigenvalue weighted by Crippen LogP contribution is 2.29. The molecule has 0 aromatic heterocycles. The van der Waals surface area contributed by atoms with E-state index in [2.05, 4.69) is 16.1 Å². The summed E-state index contributed by atoms with van der Waals surface area (Å²) in [5.74, 6) is -0.550. The van der Waals surface area contributed by atoms with Crippen LogP contribution in [0.1, 0.15) is 32.3 Å². The summed E-state index contributed by atoms with van der Waals surface area (Å²) in [4.78, 5) is 35.0. The van der Waals surface area contributed by atoms with Crippen LogP contribution in [-0.2, 0) is 10.3 Å². The second-order valence-electron chi connectivity index (χ2n) is 5.72. The lowest BCUT2D eigenvalue weighted by molar-refractivity contribution is -0.384. The fraction of sp³-hybridized carbons (Fsp3) is 0.400. The minimum Gasteiger partial charge on any atom is -0.361 e. The average molecular weight is 365 g/mol. The molecular weight excluding hydrogens is 346 g/mol. The molecule has 1 atom stereocenters. The Labute approximate surface area is 149 Å². The van der Waals surface area contributed by atoms with Crippen molar-refractivity contribution >= 4 is 35.0 Å². The second-order valence-corrected chi connectivity index (χ2v) is 6.13. The number of carbonyl (C=O) groups is 2. The van der Waals surface area contributed by atoms with E-state index in [0.29, 0.717) is 12.1 Å². The number of unbranched alkanes of at least 4 members (excludes halogenated alkanes) is 1. The zero-order chi connectivity index (χ0) is 18.6. The minimum absolute atomic E-state index is 0.0968. The van der Waals surface area contributed by atoms with Crippen molar-refractivity contribution in [2.24, 2.45) is 0 Å². The van der Waals surface area contributed by atoms with Gasteiger partial charge in [-0.3, -0.25) is 20.3 Å². The molecule has 1 heterocycles. The van der Waals surface area contributed by atoms with Gasteiger partial charge < -0.3 is 10.6 Å². The molecule has 3 amide bonds. The third-order valence-electron chi connectivity index (χ3n) is 3.88. The van der Waals surface area contributed by atoms with Gasteiger partial charge in [-0.05, 0) is 43.3 Å². The summed E-state index contributed by atoms with van der Waals surface area (Å²) in [7, 11) is 0. The molecule has 1 aliphatic rings. The highest BCUT2D eigenvalue weighted by atomic mass is 32.1. The summed E-state index contributed by atoms with van der Waals surface area (Å²) < 4.78 is 0. The van der Waals surface area contributed by atoms with E-state index in [-0.39, 0.29) is 10.8 Å². The number of nitro groups is 1. The van der Waals surface area contributed by atoms with Gasteiger partial charge in [0.2, 0.25) is 0 Å². The van der Waals surface area contributed by atoms with Gasteiger partial charge in [-0.1, -0.05) is 13.3 Å². The lowest BCUT2D eigenvalue weighted by Gasteiger charge is -2.22. The standard InChI is InChI=1S/C15H19N5O4S/c1-3-4-9-16-13(25)18-19-12(21)15(2,17-14(19)22)10-5-7-11(8-6-10)20(23)24/h5-8H,3-4,9H2,1-2H3,(H,17,22)(H2,16,18,25)/t15-/m1/s1. The van der Waals surface area contributed by atoms with Gasteiger partial charge >= 0.3 is 6.03 Å². The third kappa shape index (κ3) is 3.85. The maximum atomic E-state index is 12.7. The van der Waals surface area contributed by atoms with Crippen LogP contribution in [0.3, 0.4) is 0 Å². The number of nitrogens with zero attached hydrogens (tertiary/aromatic N) is 2. The number of imide groups is 1. The first-order chi connectivity index (χ1) is 11.8. The van der Waals surface area contributed by atoms with Crippen molar-refractivity contribution in [3.05, 3.63) is 39.9 Å². The molecule has 0 unspecified atom stereocenters. The normalized spacial score (nSPS) is 19.5. The molecule has 10 heteroatoms. The topological polar surface area (TPSA) is 117 Å². The van der Waals surface area contributed by atoms with Crippen molar-refractivity contribution in [3.63, 3.8) is 0 Å². The Morgan fingerprint density at radius 1 is 1.36 bits per heavy atom. The van der Waals surface area contributed by atoms with E-state index in [4.69, 9.17) is 12.2 Å². The van der Waals surface area contributed by atoms with Gasteiger partial charge in [0.1, 0.15) is 5.54 Å². The molecule has 0 bridgehead atoms. The fourth-order valence-corrected chi connectivity index (χ4v) is 2.57. The number of hydrazine groups is 1. The lowest BCUT2D eigenvalue weighted by Crippen LogP contribution is -2.51. The molecule has 1 saturated heterocycles. The Balaban J connectivity index is 2.13. The maximum Gasteiger partial charge on any atom is 0.344 e. The number of benzene rings is 1. The predicted octanol–water partition coefficient (Wildman–Crippen LogP) is 1.54. The molecule has 9 nitrogen and oxygen atoms in total. The molecule has 0 spiro atoms. The Hall–Kier alpha value is -2.75. The van der Waals surface area contributed by atoms with Gasteiger partial charge in [0.05, 0.1) is 4.92 Å². The summed E-state index contributed by atoms with van der Waals surface area (Å²) in [6, 6.07) is 4.81. The van der Waals surface area contributed by atoms with Gasteiger partial charge in [-0.2, -0.15) is 5.01 Å². The number of nitrogens with one attached hydrogen (secondary N) is 3. The number of hydrogen-bond acceptors (Lipinski definition) is 5. The molecule has 3 N–H and O–H groups in total. The van der Waals surface area contributed by atoms with Crippen molar-refractivity contribution in [1.82, 2.24) is 21.1 Å². The maximum absolute atomic E-state index is 12.7. The number of thiocarbonyl (C=S) groups is 1. The molecule has 1 aromatic rings. The van der Waals surface area contributed by atoms with Gasteiger partial charge in [0.25, 0.3) is 11.6 Å². The first-order valence-electron chi connectivity index (χ1n) is 7.75. The monoisotopic (exact) mass is 365 g/mol. The van der Waals surface area contributed by atoms with Crippen LogP contribution in [0, 0.1) is 10.1 Å². The Bertz CT molecular complexity index is 708. The SMILES string of the molecule is CCCCNC(=S)NN1C(=O)N[C@](C)(c2ccc([N+](=O)[O-])cc2)C1=O. The van der Waals surface area contributed by atoms with E-state index < -0.39 is 22.4 Å². The summed E-state index contributed by atoms with van der Waals surface area (Å²) in [6.07, 6.45) is 1.89. The molecule has 1 aliphatic heterocycles. The lowest BCUT2D eigenvalue weighted by atomic mass is 9.92. The van der Waals surface area contributed by atoms with Crippen molar-refractivity contribution in [1.29, 1.82) is 0 Å². The van der Waals surface area contributed by atoms with Crippen LogP contribution in [0.2, 0.25) is 0 Å². The van der Waals surface area contributed by atoms with E-state index >= 15 is 0 Å². The van der Waals surface area contributed by atoms with E-state index in [1.165, 1.54) is 31.2 Å². The highest BCUT2D eigenvalue weighted by molar-refractivity contribution is 7.80. The first kappa shape index (κ1) is 18.6. The summed E-state index contributed by atoms with van der Waals surface area (Å²) >= 11 is 5.08. The Kier molecular flexibility index (Phi) is 5.52. The van der Waals surface area contributed by atoms with Crippen molar-refractivity contribution in [2.75, 3.05) is 6.54 Å². The van der Waals surface area contributed by atoms with Crippen LogP contribution in [0.5, 0.6) is 0 Å². The zero-order valence-electron chi connectivity index (χ0n) is 13.9. The van der Waals surface area contributed by atoms with Crippen LogP contribution in [0.25, 0.3) is 0 Å². The number of amides is 3. The second kappa shape index (κ2) is 7.43. The smallest absolute Gasteiger partial charge is 0.344 e. The predicted molar refractivity (Wildman–Crippen MR) is 94.5 cm³/mol. The van der Waals surface area contributed by atoms with Crippen molar-refractivity contribution in [3.8, 4) is 0 Å². The van der Waals surface area contributed by atoms with Gasteiger partial charge in [0.15, 0.2) is 5.11 Å². The van der Waals surface area contributed by atoms with Crippen LogP contribution in [-0.4, -0.2) is 33.5 Å². The average Bonchev–Trinajstić information content (AvgIpc) is 2.79. The summed E-state index contributed by atoms with van der Waals surface area (Å²) in [6.45, 7) is 4.19. The third-order valence-corrected chi connectivity index (χ3v) is 4.11. The number of carbonyl (C=O) groups excluding carboxylic acids is 2. The summed E-state index contributed by atoms with van der Waals surface area (Å²) in [5, 5.41) is 17.2. The zero-order valence-corrected chi connectivity index (χ0v) is 14.7. The molecule has 134 valence electrons. The van der Waals surface area contributed by atoms with Gasteiger partial charge in [0, 0.05) is 18.7 Å². The number of rotatable bonds is 6. The van der Waals surface area contributed by atoms with Crippen molar-refractivity contribution < 1.29 is 14.5 Å². The van der Waals surface area contributed by atoms with Crippen LogP contribution >= 0.6 is 12.2 Å².